The third-order valence-corrected chi connectivity index (χ3v) is 4.11. The molecular formula is C13H22N2O4. The lowest BCUT2D eigenvalue weighted by Gasteiger charge is -2.32. The van der Waals surface area contributed by atoms with Crippen LogP contribution in [0.3, 0.4) is 0 Å². The van der Waals surface area contributed by atoms with Crippen molar-refractivity contribution in [2.75, 3.05) is 26.2 Å². The summed E-state index contributed by atoms with van der Waals surface area (Å²) in [5.74, 6) is -1.01. The van der Waals surface area contributed by atoms with Crippen LogP contribution in [0, 0.1) is 5.41 Å². The van der Waals surface area contributed by atoms with E-state index >= 15 is 0 Å². The topological polar surface area (TPSA) is 78.9 Å². The van der Waals surface area contributed by atoms with Crippen molar-refractivity contribution in [2.45, 2.75) is 38.7 Å². The van der Waals surface area contributed by atoms with Crippen molar-refractivity contribution in [1.29, 1.82) is 0 Å². The number of carboxylic acid groups (broad SMARTS) is 1. The third kappa shape index (κ3) is 3.59. The second-order valence-corrected chi connectivity index (χ2v) is 5.82. The van der Waals surface area contributed by atoms with E-state index in [0.29, 0.717) is 13.1 Å². The van der Waals surface area contributed by atoms with Gasteiger partial charge in [0.15, 0.2) is 6.10 Å². The van der Waals surface area contributed by atoms with E-state index in [0.717, 1.165) is 12.8 Å². The highest BCUT2D eigenvalue weighted by atomic mass is 16.5. The maximum absolute atomic E-state index is 12.0. The number of carbonyl (C=O) groups excluding carboxylic acids is 1. The van der Waals surface area contributed by atoms with Gasteiger partial charge in [-0.25, -0.2) is 9.59 Å². The van der Waals surface area contributed by atoms with E-state index in [4.69, 9.17) is 9.84 Å². The van der Waals surface area contributed by atoms with Crippen LogP contribution >= 0.6 is 0 Å². The first-order valence-corrected chi connectivity index (χ1v) is 6.87. The van der Waals surface area contributed by atoms with Gasteiger partial charge in [-0.2, -0.15) is 0 Å². The average molecular weight is 270 g/mol. The van der Waals surface area contributed by atoms with Crippen molar-refractivity contribution < 1.29 is 19.4 Å². The van der Waals surface area contributed by atoms with Gasteiger partial charge < -0.3 is 20.1 Å². The molecule has 0 radical (unpaired) electrons. The van der Waals surface area contributed by atoms with Gasteiger partial charge in [0.2, 0.25) is 0 Å². The normalized spacial score (nSPS) is 26.2. The van der Waals surface area contributed by atoms with E-state index in [2.05, 4.69) is 12.2 Å². The minimum atomic E-state index is -1.01. The summed E-state index contributed by atoms with van der Waals surface area (Å²) in [6.07, 6.45) is 3.85. The Morgan fingerprint density at radius 1 is 1.42 bits per heavy atom. The molecule has 2 aliphatic rings. The summed E-state index contributed by atoms with van der Waals surface area (Å²) in [7, 11) is 0. The van der Waals surface area contributed by atoms with Crippen LogP contribution in [0.15, 0.2) is 0 Å². The highest BCUT2D eigenvalue weighted by Crippen LogP contribution is 2.36. The van der Waals surface area contributed by atoms with E-state index in [1.165, 1.54) is 17.7 Å². The second kappa shape index (κ2) is 5.77. The summed E-state index contributed by atoms with van der Waals surface area (Å²) < 4.78 is 5.10. The second-order valence-electron chi connectivity index (χ2n) is 5.82. The van der Waals surface area contributed by atoms with Crippen LogP contribution in [0.4, 0.5) is 4.79 Å². The van der Waals surface area contributed by atoms with Gasteiger partial charge in [-0.1, -0.05) is 19.8 Å². The fraction of sp³-hybridized carbons (Fsp3) is 0.846. The van der Waals surface area contributed by atoms with Crippen molar-refractivity contribution in [3.63, 3.8) is 0 Å². The van der Waals surface area contributed by atoms with Gasteiger partial charge in [0.1, 0.15) is 0 Å². The van der Waals surface area contributed by atoms with Crippen LogP contribution in [0.25, 0.3) is 0 Å². The van der Waals surface area contributed by atoms with Crippen LogP contribution in [0.5, 0.6) is 0 Å². The molecule has 1 aliphatic carbocycles. The highest BCUT2D eigenvalue weighted by Gasteiger charge is 2.32. The molecule has 1 heterocycles. The Bertz CT molecular complexity index is 353. The zero-order valence-electron chi connectivity index (χ0n) is 11.4. The number of hydrogen-bond acceptors (Lipinski definition) is 3. The van der Waals surface area contributed by atoms with Crippen molar-refractivity contribution in [3.05, 3.63) is 0 Å². The van der Waals surface area contributed by atoms with Crippen LogP contribution in [0.2, 0.25) is 0 Å². The molecule has 2 rings (SSSR count). The Morgan fingerprint density at radius 2 is 2.11 bits per heavy atom. The lowest BCUT2D eigenvalue weighted by molar-refractivity contribution is -0.154. The predicted octanol–water partition coefficient (Wildman–Crippen LogP) is 1.06. The molecule has 1 unspecified atom stereocenters. The molecule has 1 atom stereocenters. The Kier molecular flexibility index (Phi) is 4.29. The van der Waals surface area contributed by atoms with E-state index in [1.54, 1.807) is 0 Å². The lowest BCUT2D eigenvalue weighted by atomic mass is 9.89. The summed E-state index contributed by atoms with van der Waals surface area (Å²) in [5, 5.41) is 11.8. The number of hydrogen-bond donors (Lipinski definition) is 2. The molecule has 19 heavy (non-hydrogen) atoms. The van der Waals surface area contributed by atoms with Crippen LogP contribution < -0.4 is 5.32 Å². The molecule has 0 bridgehead atoms. The molecule has 6 heteroatoms. The highest BCUT2D eigenvalue weighted by molar-refractivity contribution is 5.77. The number of carbonyl (C=O) groups is 2. The first-order chi connectivity index (χ1) is 9.00. The van der Waals surface area contributed by atoms with Crippen LogP contribution in [-0.4, -0.2) is 54.4 Å². The van der Waals surface area contributed by atoms with Gasteiger partial charge in [-0.3, -0.25) is 0 Å². The molecule has 2 amide bonds. The lowest BCUT2D eigenvalue weighted by Crippen LogP contribution is -2.52. The molecule has 1 aliphatic heterocycles. The first kappa shape index (κ1) is 14.1. The number of morpholine rings is 1. The fourth-order valence-electron chi connectivity index (χ4n) is 2.79. The number of amides is 2. The maximum atomic E-state index is 12.0. The summed E-state index contributed by atoms with van der Waals surface area (Å²) in [4.78, 5) is 24.4. The summed E-state index contributed by atoms with van der Waals surface area (Å²) >= 11 is 0. The summed E-state index contributed by atoms with van der Waals surface area (Å²) in [5.41, 5.74) is 0.203. The molecule has 2 fully saturated rings. The molecule has 0 aromatic heterocycles. The number of nitrogens with one attached hydrogen (secondary N) is 1. The molecule has 2 N–H and O–H groups in total. The monoisotopic (exact) mass is 270 g/mol. The molecule has 1 saturated heterocycles. The Hall–Kier alpha value is -1.30. The minimum absolute atomic E-state index is 0.123. The molecular weight excluding hydrogens is 248 g/mol. The van der Waals surface area contributed by atoms with Gasteiger partial charge in [0.05, 0.1) is 13.2 Å². The minimum Gasteiger partial charge on any atom is -0.479 e. The van der Waals surface area contributed by atoms with E-state index < -0.39 is 12.1 Å². The van der Waals surface area contributed by atoms with Crippen LogP contribution in [-0.2, 0) is 9.53 Å². The molecule has 108 valence electrons. The SMILES string of the molecule is CC1(CNC(=O)N2CCOC(C(=O)O)C2)CCCC1. The van der Waals surface area contributed by atoms with E-state index in [-0.39, 0.29) is 24.6 Å². The van der Waals surface area contributed by atoms with E-state index in [9.17, 15) is 9.59 Å². The van der Waals surface area contributed by atoms with Crippen LogP contribution in [0.1, 0.15) is 32.6 Å². The predicted molar refractivity (Wildman–Crippen MR) is 68.9 cm³/mol. The van der Waals surface area contributed by atoms with Gasteiger partial charge in [-0.05, 0) is 18.3 Å². The van der Waals surface area contributed by atoms with Crippen molar-refractivity contribution in [3.8, 4) is 0 Å². The van der Waals surface area contributed by atoms with Gasteiger partial charge in [-0.15, -0.1) is 0 Å². The molecule has 0 aromatic rings. The average Bonchev–Trinajstić information content (AvgIpc) is 2.83. The Balaban J connectivity index is 1.80. The zero-order valence-corrected chi connectivity index (χ0v) is 11.4. The summed E-state index contributed by atoms with van der Waals surface area (Å²) in [6, 6.07) is -0.178. The number of aliphatic carboxylic acids is 1. The van der Waals surface area contributed by atoms with Crippen molar-refractivity contribution in [1.82, 2.24) is 10.2 Å². The first-order valence-electron chi connectivity index (χ1n) is 6.87. The van der Waals surface area contributed by atoms with Crippen molar-refractivity contribution in [2.24, 2.45) is 5.41 Å². The molecule has 1 saturated carbocycles. The largest absolute Gasteiger partial charge is 0.479 e. The Morgan fingerprint density at radius 3 is 2.74 bits per heavy atom. The van der Waals surface area contributed by atoms with Crippen molar-refractivity contribution >= 4 is 12.0 Å². The Labute approximate surface area is 113 Å². The quantitative estimate of drug-likeness (QED) is 0.803. The summed E-state index contributed by atoms with van der Waals surface area (Å²) in [6.45, 7) is 3.71. The molecule has 6 nitrogen and oxygen atoms in total. The smallest absolute Gasteiger partial charge is 0.334 e. The number of urea groups is 1. The molecule has 0 aromatic carbocycles. The van der Waals surface area contributed by atoms with Gasteiger partial charge in [0, 0.05) is 13.1 Å². The number of carboxylic acids is 1. The van der Waals surface area contributed by atoms with Gasteiger partial charge in [0.25, 0.3) is 0 Å². The fourth-order valence-corrected chi connectivity index (χ4v) is 2.79. The molecule has 0 spiro atoms. The third-order valence-electron chi connectivity index (χ3n) is 4.11. The number of rotatable bonds is 3. The number of ether oxygens (including phenoxy) is 1. The number of nitrogens with zero attached hydrogens (tertiary/aromatic N) is 1. The van der Waals surface area contributed by atoms with E-state index in [1.807, 2.05) is 0 Å². The van der Waals surface area contributed by atoms with Gasteiger partial charge >= 0.3 is 12.0 Å². The zero-order chi connectivity index (χ0) is 13.9. The maximum Gasteiger partial charge on any atom is 0.334 e. The standard InChI is InChI=1S/C13H22N2O4/c1-13(4-2-3-5-13)9-14-12(18)15-6-7-19-10(8-15)11(16)17/h10H,2-9H2,1H3,(H,14,18)(H,16,17).